The minimum Gasteiger partial charge on any atom is -0.410 e. The lowest BCUT2D eigenvalue weighted by Gasteiger charge is -2.25. The Bertz CT molecular complexity index is 215. The molecule has 0 N–H and O–H groups in total. The van der Waals surface area contributed by atoms with Crippen molar-refractivity contribution in [1.29, 1.82) is 0 Å². The van der Waals surface area contributed by atoms with E-state index in [-0.39, 0.29) is 0 Å². The summed E-state index contributed by atoms with van der Waals surface area (Å²) in [4.78, 5) is 6.82. The lowest BCUT2D eigenvalue weighted by molar-refractivity contribution is 0.260. The fourth-order valence-corrected chi connectivity index (χ4v) is 3.65. The van der Waals surface area contributed by atoms with E-state index in [1.807, 2.05) is 0 Å². The van der Waals surface area contributed by atoms with Crippen LogP contribution in [-0.2, 0) is 4.43 Å². The van der Waals surface area contributed by atoms with Crippen LogP contribution in [0.3, 0.4) is 0 Å². The Balaban J connectivity index is 4.25. The first-order valence-corrected chi connectivity index (χ1v) is 9.17. The third kappa shape index (κ3) is 6.40. The Hall–Kier alpha value is -0.193. The maximum absolute atomic E-state index is 6.06. The third-order valence-electron chi connectivity index (χ3n) is 2.56. The Labute approximate surface area is 102 Å². The molecule has 0 unspecified atom stereocenters. The van der Waals surface area contributed by atoms with Gasteiger partial charge >= 0.3 is 0 Å². The molecule has 3 nitrogen and oxygen atoms in total. The normalized spacial score (nSPS) is 13.6. The van der Waals surface area contributed by atoms with E-state index in [4.69, 9.17) is 4.43 Å². The van der Waals surface area contributed by atoms with Gasteiger partial charge in [-0.1, -0.05) is 13.8 Å². The van der Waals surface area contributed by atoms with E-state index in [0.717, 1.165) is 32.5 Å². The average Bonchev–Trinajstić information content (AvgIpc) is 2.17. The fourth-order valence-electron chi connectivity index (χ4n) is 1.54. The molecular formula is C12H28N2OSi. The van der Waals surface area contributed by atoms with E-state index in [0.29, 0.717) is 0 Å². The monoisotopic (exact) mass is 244 g/mol. The molecule has 0 aliphatic carbocycles. The van der Waals surface area contributed by atoms with Crippen LogP contribution in [0.2, 0.25) is 13.1 Å². The Kier molecular flexibility index (Phi) is 7.88. The van der Waals surface area contributed by atoms with Gasteiger partial charge < -0.3 is 9.33 Å². The van der Waals surface area contributed by atoms with Crippen molar-refractivity contribution in [2.24, 2.45) is 4.99 Å². The molecule has 0 bridgehead atoms. The zero-order valence-electron chi connectivity index (χ0n) is 11.8. The van der Waals surface area contributed by atoms with Gasteiger partial charge in [0.2, 0.25) is 8.32 Å². The van der Waals surface area contributed by atoms with Gasteiger partial charge in [-0.25, -0.2) is 0 Å². The van der Waals surface area contributed by atoms with Gasteiger partial charge in [0.25, 0.3) is 0 Å². The predicted molar refractivity (Wildman–Crippen MR) is 74.9 cm³/mol. The van der Waals surface area contributed by atoms with Crippen LogP contribution in [0.15, 0.2) is 4.99 Å². The quantitative estimate of drug-likeness (QED) is 0.484. The van der Waals surface area contributed by atoms with Gasteiger partial charge in [0.05, 0.1) is 0 Å². The second kappa shape index (κ2) is 7.98. The van der Waals surface area contributed by atoms with Gasteiger partial charge in [-0.3, -0.25) is 4.99 Å². The molecule has 0 aromatic heterocycles. The number of likely N-dealkylation sites (N-methyl/N-ethyl adjacent to an activating group) is 1. The maximum atomic E-state index is 6.06. The van der Waals surface area contributed by atoms with Crippen LogP contribution in [-0.4, -0.2) is 52.3 Å². The smallest absolute Gasteiger partial charge is 0.232 e. The second-order valence-electron chi connectivity index (χ2n) is 4.84. The highest BCUT2D eigenvalue weighted by atomic mass is 28.4. The molecule has 0 heterocycles. The SMILES string of the molecule is CCC/N=C(/CC)[Si](C)(C)OCCN(C)C. The lowest BCUT2D eigenvalue weighted by Crippen LogP contribution is -2.42. The van der Waals surface area contributed by atoms with Crippen molar-refractivity contribution in [2.45, 2.75) is 39.8 Å². The van der Waals surface area contributed by atoms with Crippen LogP contribution in [0.4, 0.5) is 0 Å². The van der Waals surface area contributed by atoms with E-state index in [1.165, 1.54) is 5.33 Å². The van der Waals surface area contributed by atoms with Crippen LogP contribution in [0, 0.1) is 0 Å². The maximum Gasteiger partial charge on any atom is 0.232 e. The van der Waals surface area contributed by atoms with Gasteiger partial charge in [0.15, 0.2) is 0 Å². The molecule has 0 aromatic rings. The van der Waals surface area contributed by atoms with Crippen molar-refractivity contribution in [1.82, 2.24) is 4.90 Å². The highest BCUT2D eigenvalue weighted by Gasteiger charge is 2.28. The Morgan fingerprint density at radius 1 is 1.25 bits per heavy atom. The number of hydrogen-bond acceptors (Lipinski definition) is 3. The molecule has 16 heavy (non-hydrogen) atoms. The van der Waals surface area contributed by atoms with Crippen molar-refractivity contribution in [3.63, 3.8) is 0 Å². The number of nitrogens with zero attached hydrogens (tertiary/aromatic N) is 2. The largest absolute Gasteiger partial charge is 0.410 e. The molecule has 0 aliphatic heterocycles. The van der Waals surface area contributed by atoms with E-state index in [1.54, 1.807) is 0 Å². The first-order valence-electron chi connectivity index (χ1n) is 6.26. The summed E-state index contributed by atoms with van der Waals surface area (Å²) < 4.78 is 6.06. The number of rotatable bonds is 8. The molecule has 0 saturated heterocycles. The topological polar surface area (TPSA) is 24.8 Å². The van der Waals surface area contributed by atoms with Crippen molar-refractivity contribution in [3.05, 3.63) is 0 Å². The van der Waals surface area contributed by atoms with Crippen LogP contribution in [0.1, 0.15) is 26.7 Å². The molecule has 0 aromatic carbocycles. The Morgan fingerprint density at radius 3 is 2.31 bits per heavy atom. The summed E-state index contributed by atoms with van der Waals surface area (Å²) in [6, 6.07) is 0. The van der Waals surface area contributed by atoms with Gasteiger partial charge in [-0.05, 0) is 40.0 Å². The van der Waals surface area contributed by atoms with Crippen molar-refractivity contribution in [2.75, 3.05) is 33.8 Å². The molecule has 0 spiro atoms. The summed E-state index contributed by atoms with van der Waals surface area (Å²) in [7, 11) is 2.43. The van der Waals surface area contributed by atoms with Gasteiger partial charge in [-0.2, -0.15) is 0 Å². The van der Waals surface area contributed by atoms with Crippen LogP contribution in [0.5, 0.6) is 0 Å². The minimum atomic E-state index is -1.71. The molecule has 0 fully saturated rings. The summed E-state index contributed by atoms with van der Waals surface area (Å²) in [5, 5.41) is 1.31. The molecule has 0 aliphatic rings. The highest BCUT2D eigenvalue weighted by Crippen LogP contribution is 2.10. The molecule has 4 heteroatoms. The fraction of sp³-hybridized carbons (Fsp3) is 0.917. The van der Waals surface area contributed by atoms with E-state index < -0.39 is 8.32 Å². The number of hydrogen-bond donors (Lipinski definition) is 0. The zero-order valence-corrected chi connectivity index (χ0v) is 12.8. The molecule has 0 radical (unpaired) electrons. The summed E-state index contributed by atoms with van der Waals surface area (Å²) in [5.41, 5.74) is 0. The van der Waals surface area contributed by atoms with Gasteiger partial charge in [0.1, 0.15) is 0 Å². The van der Waals surface area contributed by atoms with Crippen molar-refractivity contribution in [3.8, 4) is 0 Å². The molecular weight excluding hydrogens is 216 g/mol. The zero-order chi connectivity index (χ0) is 12.6. The molecule has 0 saturated carbocycles. The molecule has 96 valence electrons. The standard InChI is InChI=1S/C12H28N2OSi/c1-7-9-13-12(8-2)16(5,6)15-11-10-14(3)4/h7-11H2,1-6H3/b13-12-. The summed E-state index contributed by atoms with van der Waals surface area (Å²) in [6.07, 6.45) is 2.15. The van der Waals surface area contributed by atoms with Crippen LogP contribution >= 0.6 is 0 Å². The molecule has 0 amide bonds. The molecule has 0 atom stereocenters. The number of aliphatic imine (C=N–C) groups is 1. The van der Waals surface area contributed by atoms with Crippen LogP contribution in [0.25, 0.3) is 0 Å². The summed E-state index contributed by atoms with van der Waals surface area (Å²) in [6.45, 7) is 11.6. The Morgan fingerprint density at radius 2 is 1.88 bits per heavy atom. The predicted octanol–water partition coefficient (Wildman–Crippen LogP) is 2.57. The van der Waals surface area contributed by atoms with Crippen molar-refractivity contribution < 1.29 is 4.43 Å². The van der Waals surface area contributed by atoms with Crippen molar-refractivity contribution >= 4 is 13.7 Å². The lowest BCUT2D eigenvalue weighted by atomic mass is 10.5. The van der Waals surface area contributed by atoms with Gasteiger partial charge in [-0.15, -0.1) is 0 Å². The van der Waals surface area contributed by atoms with Gasteiger partial charge in [0, 0.05) is 25.0 Å². The summed E-state index contributed by atoms with van der Waals surface area (Å²) >= 11 is 0. The first kappa shape index (κ1) is 15.8. The van der Waals surface area contributed by atoms with Crippen LogP contribution < -0.4 is 0 Å². The van der Waals surface area contributed by atoms with E-state index in [2.05, 4.69) is 50.9 Å². The summed E-state index contributed by atoms with van der Waals surface area (Å²) in [5.74, 6) is 0. The minimum absolute atomic E-state index is 0.817. The highest BCUT2D eigenvalue weighted by molar-refractivity contribution is 7.00. The second-order valence-corrected chi connectivity index (χ2v) is 8.73. The molecule has 0 rings (SSSR count). The first-order chi connectivity index (χ1) is 7.44. The third-order valence-corrected chi connectivity index (χ3v) is 5.38. The average molecular weight is 244 g/mol. The van der Waals surface area contributed by atoms with E-state index in [9.17, 15) is 0 Å². The van der Waals surface area contributed by atoms with E-state index >= 15 is 0 Å².